The average molecular weight is 395 g/mol. The van der Waals surface area contributed by atoms with Gasteiger partial charge in [-0.25, -0.2) is 0 Å². The number of hydrogen-bond donors (Lipinski definition) is 1. The van der Waals surface area contributed by atoms with Gasteiger partial charge in [0, 0.05) is 32.0 Å². The summed E-state index contributed by atoms with van der Waals surface area (Å²) in [5, 5.41) is 3.93. The lowest BCUT2D eigenvalue weighted by Crippen LogP contribution is -2.37. The quantitative estimate of drug-likeness (QED) is 0.332. The Morgan fingerprint density at radius 2 is 2.00 bits per heavy atom. The van der Waals surface area contributed by atoms with Crippen LogP contribution in [-0.2, 0) is 6.42 Å². The Balaban J connectivity index is 0.00000361. The standard InChI is InChI=1S/C13H25N5O.HI/c1-5-18(6-2)13(14)15-9-7-8-11-16-12(10(3)4)17-19-11;/h10H,5-9H2,1-4H3,(H2,14,15);1H. The van der Waals surface area contributed by atoms with Gasteiger partial charge in [0.05, 0.1) is 0 Å². The zero-order valence-electron chi connectivity index (χ0n) is 12.8. The lowest BCUT2D eigenvalue weighted by Gasteiger charge is -2.19. The maximum atomic E-state index is 5.89. The second-order valence-electron chi connectivity index (χ2n) is 4.72. The van der Waals surface area contributed by atoms with Crippen LogP contribution < -0.4 is 5.73 Å². The van der Waals surface area contributed by atoms with Crippen LogP contribution in [0.15, 0.2) is 9.52 Å². The Hall–Kier alpha value is -0.860. The Morgan fingerprint density at radius 1 is 1.35 bits per heavy atom. The van der Waals surface area contributed by atoms with Crippen LogP contribution in [0.1, 0.15) is 51.7 Å². The predicted octanol–water partition coefficient (Wildman–Crippen LogP) is 2.40. The van der Waals surface area contributed by atoms with E-state index in [4.69, 9.17) is 10.3 Å². The number of aryl methyl sites for hydroxylation is 1. The van der Waals surface area contributed by atoms with Gasteiger partial charge in [-0.2, -0.15) is 4.98 Å². The molecule has 0 unspecified atom stereocenters. The molecule has 1 heterocycles. The molecule has 0 aliphatic carbocycles. The van der Waals surface area contributed by atoms with Crippen molar-refractivity contribution in [2.24, 2.45) is 10.7 Å². The van der Waals surface area contributed by atoms with Crippen LogP contribution in [0, 0.1) is 0 Å². The van der Waals surface area contributed by atoms with Crippen molar-refractivity contribution in [3.63, 3.8) is 0 Å². The molecule has 0 atom stereocenters. The Morgan fingerprint density at radius 3 is 2.50 bits per heavy atom. The molecule has 20 heavy (non-hydrogen) atoms. The highest BCUT2D eigenvalue weighted by atomic mass is 127. The summed E-state index contributed by atoms with van der Waals surface area (Å²) in [7, 11) is 0. The molecule has 0 aliphatic heterocycles. The Bertz CT molecular complexity index is 401. The van der Waals surface area contributed by atoms with Gasteiger partial charge in [0.25, 0.3) is 0 Å². The normalized spacial score (nSPS) is 11.6. The predicted molar refractivity (Wildman–Crippen MR) is 91.5 cm³/mol. The summed E-state index contributed by atoms with van der Waals surface area (Å²) in [6.07, 6.45) is 1.61. The van der Waals surface area contributed by atoms with Gasteiger partial charge in [-0.1, -0.05) is 19.0 Å². The van der Waals surface area contributed by atoms with E-state index in [0.29, 0.717) is 24.3 Å². The van der Waals surface area contributed by atoms with Crippen molar-refractivity contribution >= 4 is 29.9 Å². The number of aliphatic imine (C=N–C) groups is 1. The van der Waals surface area contributed by atoms with E-state index >= 15 is 0 Å². The molecule has 0 aliphatic rings. The minimum Gasteiger partial charge on any atom is -0.370 e. The largest absolute Gasteiger partial charge is 0.370 e. The smallest absolute Gasteiger partial charge is 0.226 e. The van der Waals surface area contributed by atoms with Crippen molar-refractivity contribution in [2.75, 3.05) is 19.6 Å². The first kappa shape index (κ1) is 19.1. The Kier molecular flexibility index (Phi) is 9.52. The minimum atomic E-state index is 0. The lowest BCUT2D eigenvalue weighted by atomic mass is 10.2. The van der Waals surface area contributed by atoms with Gasteiger partial charge in [-0.15, -0.1) is 24.0 Å². The van der Waals surface area contributed by atoms with E-state index in [0.717, 1.165) is 31.8 Å². The fourth-order valence-electron chi connectivity index (χ4n) is 1.68. The first-order valence-corrected chi connectivity index (χ1v) is 6.95. The molecular formula is C13H26IN5O. The second-order valence-corrected chi connectivity index (χ2v) is 4.72. The van der Waals surface area contributed by atoms with Crippen molar-refractivity contribution in [1.29, 1.82) is 0 Å². The second kappa shape index (κ2) is 9.95. The SMILES string of the molecule is CCN(CC)C(N)=NCCCc1nc(C(C)C)no1.I. The van der Waals surface area contributed by atoms with E-state index in [9.17, 15) is 0 Å². The number of rotatable bonds is 7. The summed E-state index contributed by atoms with van der Waals surface area (Å²) in [5.74, 6) is 2.36. The maximum absolute atomic E-state index is 5.89. The highest BCUT2D eigenvalue weighted by Gasteiger charge is 2.09. The van der Waals surface area contributed by atoms with E-state index < -0.39 is 0 Å². The Labute approximate surface area is 138 Å². The van der Waals surface area contributed by atoms with E-state index in [1.165, 1.54) is 0 Å². The molecule has 0 saturated heterocycles. The number of hydrogen-bond acceptors (Lipinski definition) is 4. The molecule has 0 bridgehead atoms. The summed E-state index contributed by atoms with van der Waals surface area (Å²) >= 11 is 0. The lowest BCUT2D eigenvalue weighted by molar-refractivity contribution is 0.369. The topological polar surface area (TPSA) is 80.5 Å². The molecule has 0 saturated carbocycles. The van der Waals surface area contributed by atoms with Crippen LogP contribution in [0.25, 0.3) is 0 Å². The average Bonchev–Trinajstić information content (AvgIpc) is 2.85. The third kappa shape index (κ3) is 6.06. The van der Waals surface area contributed by atoms with Crippen molar-refractivity contribution < 1.29 is 4.52 Å². The fraction of sp³-hybridized carbons (Fsp3) is 0.769. The van der Waals surface area contributed by atoms with Crippen LogP contribution >= 0.6 is 24.0 Å². The van der Waals surface area contributed by atoms with Crippen molar-refractivity contribution in [3.05, 3.63) is 11.7 Å². The minimum absolute atomic E-state index is 0. The van der Waals surface area contributed by atoms with Gasteiger partial charge in [0.2, 0.25) is 5.89 Å². The molecule has 1 aromatic heterocycles. The molecule has 0 spiro atoms. The summed E-state index contributed by atoms with van der Waals surface area (Å²) in [6.45, 7) is 10.7. The number of nitrogens with zero attached hydrogens (tertiary/aromatic N) is 4. The summed E-state index contributed by atoms with van der Waals surface area (Å²) < 4.78 is 5.17. The highest BCUT2D eigenvalue weighted by molar-refractivity contribution is 14.0. The molecule has 6 nitrogen and oxygen atoms in total. The van der Waals surface area contributed by atoms with Crippen molar-refractivity contribution in [3.8, 4) is 0 Å². The van der Waals surface area contributed by atoms with E-state index in [-0.39, 0.29) is 24.0 Å². The summed E-state index contributed by atoms with van der Waals surface area (Å²) in [5.41, 5.74) is 5.89. The van der Waals surface area contributed by atoms with Gasteiger partial charge in [-0.3, -0.25) is 4.99 Å². The van der Waals surface area contributed by atoms with Crippen LogP contribution in [0.3, 0.4) is 0 Å². The fourth-order valence-corrected chi connectivity index (χ4v) is 1.68. The molecule has 1 rings (SSSR count). The summed E-state index contributed by atoms with van der Waals surface area (Å²) in [6, 6.07) is 0. The molecule has 0 fully saturated rings. The van der Waals surface area contributed by atoms with Crippen LogP contribution in [0.4, 0.5) is 0 Å². The number of nitrogens with two attached hydrogens (primary N) is 1. The van der Waals surface area contributed by atoms with Gasteiger partial charge < -0.3 is 15.2 Å². The van der Waals surface area contributed by atoms with Crippen molar-refractivity contribution in [1.82, 2.24) is 15.0 Å². The van der Waals surface area contributed by atoms with Crippen LogP contribution in [0.5, 0.6) is 0 Å². The van der Waals surface area contributed by atoms with E-state index in [1.807, 2.05) is 18.7 Å². The van der Waals surface area contributed by atoms with Gasteiger partial charge >= 0.3 is 0 Å². The third-order valence-corrected chi connectivity index (χ3v) is 2.91. The zero-order valence-corrected chi connectivity index (χ0v) is 15.1. The molecule has 116 valence electrons. The molecule has 2 N–H and O–H groups in total. The first-order chi connectivity index (χ1) is 9.08. The molecule has 0 amide bonds. The number of aromatic nitrogens is 2. The molecule has 0 aromatic carbocycles. The van der Waals surface area contributed by atoms with Gasteiger partial charge in [0.15, 0.2) is 11.8 Å². The summed E-state index contributed by atoms with van der Waals surface area (Å²) in [4.78, 5) is 10.7. The molecular weight excluding hydrogens is 369 g/mol. The van der Waals surface area contributed by atoms with Gasteiger partial charge in [-0.05, 0) is 20.3 Å². The monoisotopic (exact) mass is 395 g/mol. The van der Waals surface area contributed by atoms with Crippen molar-refractivity contribution in [2.45, 2.75) is 46.5 Å². The zero-order chi connectivity index (χ0) is 14.3. The number of guanidine groups is 1. The van der Waals surface area contributed by atoms with Crippen LogP contribution in [0.2, 0.25) is 0 Å². The molecule has 1 aromatic rings. The van der Waals surface area contributed by atoms with Crippen LogP contribution in [-0.4, -0.2) is 40.6 Å². The maximum Gasteiger partial charge on any atom is 0.226 e. The molecule has 7 heteroatoms. The van der Waals surface area contributed by atoms with E-state index in [1.54, 1.807) is 0 Å². The molecule has 0 radical (unpaired) electrons. The highest BCUT2D eigenvalue weighted by Crippen LogP contribution is 2.10. The number of halogens is 1. The van der Waals surface area contributed by atoms with E-state index in [2.05, 4.69) is 29.0 Å². The van der Waals surface area contributed by atoms with Gasteiger partial charge in [0.1, 0.15) is 0 Å². The first-order valence-electron chi connectivity index (χ1n) is 6.95. The third-order valence-electron chi connectivity index (χ3n) is 2.91.